The smallest absolute Gasteiger partial charge is 0.223 e. The van der Waals surface area contributed by atoms with E-state index in [1.807, 2.05) is 18.2 Å². The molecule has 5 nitrogen and oxygen atoms in total. The largest absolute Gasteiger partial charge is 0.362 e. The molecule has 0 heterocycles. The van der Waals surface area contributed by atoms with Crippen LogP contribution in [-0.2, 0) is 22.4 Å². The van der Waals surface area contributed by atoms with Gasteiger partial charge in [-0.3, -0.25) is 9.59 Å². The maximum atomic E-state index is 13.1. The normalized spacial score (nSPS) is 17.9. The Morgan fingerprint density at radius 2 is 1.54 bits per heavy atom. The van der Waals surface area contributed by atoms with E-state index in [9.17, 15) is 9.59 Å². The Morgan fingerprint density at radius 1 is 0.872 bits per heavy atom. The van der Waals surface area contributed by atoms with E-state index in [2.05, 4.69) is 78.3 Å². The number of amides is 1. The van der Waals surface area contributed by atoms with Crippen molar-refractivity contribution in [2.75, 3.05) is 11.9 Å². The van der Waals surface area contributed by atoms with Crippen molar-refractivity contribution in [3.63, 3.8) is 0 Å². The number of carbonyl (C=O) groups excluding carboxylic acids is 2. The summed E-state index contributed by atoms with van der Waals surface area (Å²) in [6.07, 6.45) is 5.17. The van der Waals surface area contributed by atoms with E-state index in [4.69, 9.17) is 12.2 Å². The number of anilines is 1. The van der Waals surface area contributed by atoms with Crippen molar-refractivity contribution in [3.05, 3.63) is 77.9 Å². The highest BCUT2D eigenvalue weighted by molar-refractivity contribution is 7.80. The summed E-state index contributed by atoms with van der Waals surface area (Å²) in [4.78, 5) is 25.4. The van der Waals surface area contributed by atoms with Crippen LogP contribution in [0.15, 0.2) is 66.7 Å². The first-order valence-corrected chi connectivity index (χ1v) is 14.6. The number of fused-ring (bicyclic) bond motifs is 1. The third-order valence-electron chi connectivity index (χ3n) is 7.69. The third kappa shape index (κ3) is 8.62. The molecule has 3 aromatic carbocycles. The molecule has 0 bridgehead atoms. The van der Waals surface area contributed by atoms with Crippen molar-refractivity contribution in [3.8, 4) is 0 Å². The summed E-state index contributed by atoms with van der Waals surface area (Å²) in [5.41, 5.74) is 3.38. The maximum Gasteiger partial charge on any atom is 0.223 e. The average molecular weight is 544 g/mol. The Labute approximate surface area is 238 Å². The van der Waals surface area contributed by atoms with E-state index >= 15 is 0 Å². The highest BCUT2D eigenvalue weighted by Crippen LogP contribution is 2.29. The Kier molecular flexibility index (Phi) is 10.1. The van der Waals surface area contributed by atoms with Crippen molar-refractivity contribution < 1.29 is 9.59 Å². The van der Waals surface area contributed by atoms with Crippen LogP contribution >= 0.6 is 12.2 Å². The zero-order valence-electron chi connectivity index (χ0n) is 23.3. The van der Waals surface area contributed by atoms with Gasteiger partial charge in [0.1, 0.15) is 0 Å². The SMILES string of the molecule is CC(=O)C(Cc1ccc2ccccc2c1)NC(=O)C1CCC(CNC(=S)Nc2ccc(CC(C)C)cc2)CC1. The summed E-state index contributed by atoms with van der Waals surface area (Å²) >= 11 is 5.51. The van der Waals surface area contributed by atoms with Crippen LogP contribution in [0.1, 0.15) is 57.6 Å². The van der Waals surface area contributed by atoms with E-state index in [-0.39, 0.29) is 17.6 Å². The molecule has 0 saturated heterocycles. The standard InChI is InChI=1S/C33H41N3O2S/c1-22(2)18-24-11-16-30(17-12-24)35-33(39)34-21-25-8-14-28(15-9-25)32(38)36-31(23(3)37)20-26-10-13-27-6-4-5-7-29(27)19-26/h4-7,10-13,16-17,19,22,25,28,31H,8-9,14-15,18,20-21H2,1-3H3,(H,36,38)(H2,34,35,39). The fraction of sp³-hybridized carbons (Fsp3) is 0.424. The van der Waals surface area contributed by atoms with Gasteiger partial charge in [-0.15, -0.1) is 0 Å². The van der Waals surface area contributed by atoms with E-state index < -0.39 is 6.04 Å². The predicted octanol–water partition coefficient (Wildman–Crippen LogP) is 6.45. The van der Waals surface area contributed by atoms with Crippen molar-refractivity contribution in [1.82, 2.24) is 10.6 Å². The fourth-order valence-corrected chi connectivity index (χ4v) is 5.63. The van der Waals surface area contributed by atoms with Crippen molar-refractivity contribution in [2.45, 2.75) is 65.3 Å². The molecule has 0 aromatic heterocycles. The van der Waals surface area contributed by atoms with Crippen LogP contribution < -0.4 is 16.0 Å². The number of nitrogens with one attached hydrogen (secondary N) is 3. The van der Waals surface area contributed by atoms with Gasteiger partial charge in [-0.2, -0.15) is 0 Å². The van der Waals surface area contributed by atoms with Crippen LogP contribution in [0.2, 0.25) is 0 Å². The summed E-state index contributed by atoms with van der Waals surface area (Å²) < 4.78 is 0. The summed E-state index contributed by atoms with van der Waals surface area (Å²) in [6, 6.07) is 22.3. The van der Waals surface area contributed by atoms with Crippen LogP contribution in [0.3, 0.4) is 0 Å². The zero-order valence-corrected chi connectivity index (χ0v) is 24.2. The maximum absolute atomic E-state index is 13.1. The van der Waals surface area contributed by atoms with Crippen LogP contribution in [0.5, 0.6) is 0 Å². The Bertz CT molecular complexity index is 1280. The lowest BCUT2D eigenvalue weighted by Gasteiger charge is -2.29. The first kappa shape index (κ1) is 28.8. The quantitative estimate of drug-likeness (QED) is 0.257. The summed E-state index contributed by atoms with van der Waals surface area (Å²) in [5.74, 6) is 1.06. The van der Waals surface area contributed by atoms with Gasteiger partial charge in [0.15, 0.2) is 10.9 Å². The molecule has 1 aliphatic rings. The van der Waals surface area contributed by atoms with Gasteiger partial charge in [-0.1, -0.05) is 68.4 Å². The van der Waals surface area contributed by atoms with Crippen LogP contribution in [0, 0.1) is 17.8 Å². The molecule has 39 heavy (non-hydrogen) atoms. The average Bonchev–Trinajstić information content (AvgIpc) is 2.92. The van der Waals surface area contributed by atoms with Gasteiger partial charge in [-0.25, -0.2) is 0 Å². The minimum atomic E-state index is -0.499. The molecule has 1 fully saturated rings. The highest BCUT2D eigenvalue weighted by Gasteiger charge is 2.28. The number of carbonyl (C=O) groups is 2. The van der Waals surface area contributed by atoms with Crippen LogP contribution in [-0.4, -0.2) is 29.4 Å². The molecule has 1 amide bonds. The molecule has 3 N–H and O–H groups in total. The number of benzene rings is 3. The van der Waals surface area contributed by atoms with E-state index in [0.29, 0.717) is 23.4 Å². The number of hydrogen-bond acceptors (Lipinski definition) is 3. The molecule has 0 spiro atoms. The molecule has 1 aliphatic carbocycles. The Hall–Kier alpha value is -3.25. The van der Waals surface area contributed by atoms with Gasteiger partial charge in [-0.05, 0) is 104 Å². The van der Waals surface area contributed by atoms with Gasteiger partial charge < -0.3 is 16.0 Å². The Morgan fingerprint density at radius 3 is 2.21 bits per heavy atom. The molecule has 1 unspecified atom stereocenters. The minimum Gasteiger partial charge on any atom is -0.362 e. The topological polar surface area (TPSA) is 70.2 Å². The number of rotatable bonds is 10. The second kappa shape index (κ2) is 13.7. The second-order valence-electron chi connectivity index (χ2n) is 11.4. The van der Waals surface area contributed by atoms with Crippen LogP contribution in [0.25, 0.3) is 10.8 Å². The molecule has 4 rings (SSSR count). The highest BCUT2D eigenvalue weighted by atomic mass is 32.1. The molecule has 3 aromatic rings. The van der Waals surface area contributed by atoms with E-state index in [1.165, 1.54) is 10.9 Å². The van der Waals surface area contributed by atoms with E-state index in [0.717, 1.165) is 55.3 Å². The Balaban J connectivity index is 1.20. The van der Waals surface area contributed by atoms with Crippen molar-refractivity contribution in [2.24, 2.45) is 17.8 Å². The second-order valence-corrected chi connectivity index (χ2v) is 11.8. The lowest BCUT2D eigenvalue weighted by molar-refractivity contribution is -0.130. The number of hydrogen-bond donors (Lipinski definition) is 3. The summed E-state index contributed by atoms with van der Waals surface area (Å²) in [7, 11) is 0. The number of thiocarbonyl (C=S) groups is 1. The van der Waals surface area contributed by atoms with Gasteiger partial charge in [0.25, 0.3) is 0 Å². The molecule has 1 saturated carbocycles. The monoisotopic (exact) mass is 543 g/mol. The first-order valence-electron chi connectivity index (χ1n) is 14.2. The van der Waals surface area contributed by atoms with E-state index in [1.54, 1.807) is 6.92 Å². The molecular weight excluding hydrogens is 502 g/mol. The van der Waals surface area contributed by atoms with Gasteiger partial charge in [0.05, 0.1) is 6.04 Å². The molecule has 0 aliphatic heterocycles. The predicted molar refractivity (Wildman–Crippen MR) is 165 cm³/mol. The van der Waals surface area contributed by atoms with Crippen molar-refractivity contribution in [1.29, 1.82) is 0 Å². The summed E-state index contributed by atoms with van der Waals surface area (Å²) in [6.45, 7) is 6.80. The molecule has 6 heteroatoms. The third-order valence-corrected chi connectivity index (χ3v) is 7.93. The molecule has 206 valence electrons. The van der Waals surface area contributed by atoms with Gasteiger partial charge in [0, 0.05) is 18.2 Å². The van der Waals surface area contributed by atoms with Gasteiger partial charge in [0.2, 0.25) is 5.91 Å². The molecular formula is C33H41N3O2S. The molecule has 1 atom stereocenters. The summed E-state index contributed by atoms with van der Waals surface area (Å²) in [5, 5.41) is 12.6. The molecule has 0 radical (unpaired) electrons. The number of ketones is 1. The zero-order chi connectivity index (χ0) is 27.8. The van der Waals surface area contributed by atoms with Crippen molar-refractivity contribution >= 4 is 45.5 Å². The number of Topliss-reactive ketones (excluding diaryl/α,β-unsaturated/α-hetero) is 1. The first-order chi connectivity index (χ1) is 18.8. The lowest BCUT2D eigenvalue weighted by atomic mass is 9.81. The van der Waals surface area contributed by atoms with Crippen LogP contribution in [0.4, 0.5) is 5.69 Å². The van der Waals surface area contributed by atoms with Gasteiger partial charge >= 0.3 is 0 Å². The minimum absolute atomic E-state index is 0.000463. The lowest BCUT2D eigenvalue weighted by Crippen LogP contribution is -2.45. The fourth-order valence-electron chi connectivity index (χ4n) is 5.42.